The molecule has 3 N–H and O–H groups in total. The van der Waals surface area contributed by atoms with Gasteiger partial charge in [-0.1, -0.05) is 0 Å². The Bertz CT molecular complexity index is 161. The lowest BCUT2D eigenvalue weighted by atomic mass is 10.2. The van der Waals surface area contributed by atoms with Crippen LogP contribution < -0.4 is 5.73 Å². The van der Waals surface area contributed by atoms with E-state index in [9.17, 15) is 4.79 Å². The van der Waals surface area contributed by atoms with E-state index < -0.39 is 12.1 Å². The molecule has 0 bridgehead atoms. The molecule has 0 aromatic carbocycles. The third-order valence-electron chi connectivity index (χ3n) is 1.49. The summed E-state index contributed by atoms with van der Waals surface area (Å²) in [6, 6.07) is 0. The Kier molecular flexibility index (Phi) is 7.37. The highest BCUT2D eigenvalue weighted by molar-refractivity contribution is 5.74. The van der Waals surface area contributed by atoms with Gasteiger partial charge in [-0.15, -0.1) is 0 Å². The van der Waals surface area contributed by atoms with Crippen LogP contribution in [-0.2, 0) is 14.3 Å². The van der Waals surface area contributed by atoms with Crippen LogP contribution >= 0.6 is 0 Å². The van der Waals surface area contributed by atoms with Crippen LogP contribution in [-0.4, -0.2) is 43.0 Å². The number of hydrogen-bond acceptors (Lipinski definition) is 5. The normalized spacial score (nSPS) is 12.9. The van der Waals surface area contributed by atoms with Crippen LogP contribution in [0.1, 0.15) is 20.3 Å². The number of nitrogens with two attached hydrogens (primary N) is 1. The third kappa shape index (κ3) is 6.82. The maximum Gasteiger partial charge on any atom is 0.335 e. The Morgan fingerprint density at radius 3 is 2.57 bits per heavy atom. The molecule has 1 atom stereocenters. The molecule has 5 nitrogen and oxygen atoms in total. The Balaban J connectivity index is 3.44. The van der Waals surface area contributed by atoms with Gasteiger partial charge in [-0.25, -0.2) is 4.79 Å². The minimum atomic E-state index is -1.11. The first kappa shape index (κ1) is 13.4. The second-order valence-electron chi connectivity index (χ2n) is 3.18. The van der Waals surface area contributed by atoms with Gasteiger partial charge < -0.3 is 20.3 Å². The average Bonchev–Trinajstić information content (AvgIpc) is 2.12. The lowest BCUT2D eigenvalue weighted by Gasteiger charge is -2.10. The molecule has 0 aliphatic heterocycles. The molecule has 0 aliphatic carbocycles. The van der Waals surface area contributed by atoms with Crippen LogP contribution in [0.25, 0.3) is 0 Å². The predicted molar refractivity (Wildman–Crippen MR) is 51.7 cm³/mol. The van der Waals surface area contributed by atoms with E-state index >= 15 is 0 Å². The summed E-state index contributed by atoms with van der Waals surface area (Å²) in [7, 11) is 0. The first-order chi connectivity index (χ1) is 6.57. The summed E-state index contributed by atoms with van der Waals surface area (Å²) in [5.41, 5.74) is 5.17. The largest absolute Gasteiger partial charge is 0.461 e. The van der Waals surface area contributed by atoms with Crippen molar-refractivity contribution < 1.29 is 19.4 Å². The maximum atomic E-state index is 11.0. The minimum absolute atomic E-state index is 0.114. The molecule has 0 aromatic heterocycles. The van der Waals surface area contributed by atoms with E-state index in [2.05, 4.69) is 0 Å². The van der Waals surface area contributed by atoms with E-state index in [1.807, 2.05) is 13.8 Å². The summed E-state index contributed by atoms with van der Waals surface area (Å²) in [5, 5.41) is 9.13. The van der Waals surface area contributed by atoms with Crippen LogP contribution in [0.5, 0.6) is 0 Å². The minimum Gasteiger partial charge on any atom is -0.461 e. The van der Waals surface area contributed by atoms with E-state index in [1.165, 1.54) is 0 Å². The van der Waals surface area contributed by atoms with Crippen molar-refractivity contribution in [3.63, 3.8) is 0 Å². The molecule has 0 unspecified atom stereocenters. The van der Waals surface area contributed by atoms with E-state index in [0.29, 0.717) is 6.61 Å². The molecule has 84 valence electrons. The monoisotopic (exact) mass is 205 g/mol. The van der Waals surface area contributed by atoms with Crippen LogP contribution in [0.4, 0.5) is 0 Å². The molecule has 0 saturated carbocycles. The van der Waals surface area contributed by atoms with Gasteiger partial charge in [0.15, 0.2) is 6.10 Å². The fourth-order valence-electron chi connectivity index (χ4n) is 0.798. The Labute approximate surface area is 84.2 Å². The number of hydrogen-bond donors (Lipinski definition) is 2. The van der Waals surface area contributed by atoms with Crippen molar-refractivity contribution in [2.24, 2.45) is 5.73 Å². The molecule has 0 heterocycles. The highest BCUT2D eigenvalue weighted by Gasteiger charge is 2.14. The summed E-state index contributed by atoms with van der Waals surface area (Å²) in [4.78, 5) is 11.0. The van der Waals surface area contributed by atoms with Gasteiger partial charge in [0, 0.05) is 0 Å². The van der Waals surface area contributed by atoms with Gasteiger partial charge in [-0.05, 0) is 26.8 Å². The lowest BCUT2D eigenvalue weighted by molar-refractivity contribution is -0.155. The highest BCUT2D eigenvalue weighted by Crippen LogP contribution is 1.94. The van der Waals surface area contributed by atoms with Crippen molar-refractivity contribution in [2.75, 3.05) is 19.8 Å². The second-order valence-corrected chi connectivity index (χ2v) is 3.18. The van der Waals surface area contributed by atoms with Gasteiger partial charge in [-0.3, -0.25) is 0 Å². The van der Waals surface area contributed by atoms with Crippen molar-refractivity contribution in [1.29, 1.82) is 0 Å². The van der Waals surface area contributed by atoms with E-state index in [0.717, 1.165) is 0 Å². The van der Waals surface area contributed by atoms with E-state index in [4.69, 9.17) is 20.3 Å². The summed E-state index contributed by atoms with van der Waals surface area (Å²) >= 11 is 0. The van der Waals surface area contributed by atoms with Gasteiger partial charge in [-0.2, -0.15) is 0 Å². The fourth-order valence-corrected chi connectivity index (χ4v) is 0.798. The molecule has 5 heteroatoms. The van der Waals surface area contributed by atoms with Crippen molar-refractivity contribution in [1.82, 2.24) is 0 Å². The summed E-state index contributed by atoms with van der Waals surface area (Å²) in [6.45, 7) is 4.56. The molecule has 0 spiro atoms. The van der Waals surface area contributed by atoms with E-state index in [1.54, 1.807) is 0 Å². The standard InChI is InChI=1S/C9H19NO4/c1-7(2)13-5-6-14-9(12)8(11)3-4-10/h7-8,11H,3-6,10H2,1-2H3/t8-/m0/s1. The lowest BCUT2D eigenvalue weighted by Crippen LogP contribution is -2.27. The SMILES string of the molecule is CC(C)OCCOC(=O)[C@@H](O)CCN. The molecule has 0 rings (SSSR count). The topological polar surface area (TPSA) is 81.8 Å². The quantitative estimate of drug-likeness (QED) is 0.439. The zero-order valence-electron chi connectivity index (χ0n) is 8.73. The second kappa shape index (κ2) is 7.73. The van der Waals surface area contributed by atoms with Crippen LogP contribution in [0.3, 0.4) is 0 Å². The van der Waals surface area contributed by atoms with Crippen molar-refractivity contribution >= 4 is 5.97 Å². The molecular formula is C9H19NO4. The molecule has 0 saturated heterocycles. The zero-order chi connectivity index (χ0) is 11.0. The number of rotatable bonds is 7. The predicted octanol–water partition coefficient (Wildman–Crippen LogP) is -0.336. The number of ether oxygens (including phenoxy) is 2. The smallest absolute Gasteiger partial charge is 0.335 e. The fraction of sp³-hybridized carbons (Fsp3) is 0.889. The van der Waals surface area contributed by atoms with Crippen LogP contribution in [0.2, 0.25) is 0 Å². The van der Waals surface area contributed by atoms with Crippen molar-refractivity contribution in [3.8, 4) is 0 Å². The Morgan fingerprint density at radius 2 is 2.07 bits per heavy atom. The first-order valence-electron chi connectivity index (χ1n) is 4.74. The Morgan fingerprint density at radius 1 is 1.43 bits per heavy atom. The van der Waals surface area contributed by atoms with Crippen LogP contribution in [0.15, 0.2) is 0 Å². The number of aliphatic hydroxyl groups is 1. The van der Waals surface area contributed by atoms with E-state index in [-0.39, 0.29) is 25.7 Å². The molecular weight excluding hydrogens is 186 g/mol. The highest BCUT2D eigenvalue weighted by atomic mass is 16.6. The molecule has 0 fully saturated rings. The summed E-state index contributed by atoms with van der Waals surface area (Å²) < 4.78 is 9.89. The number of aliphatic hydroxyl groups excluding tert-OH is 1. The van der Waals surface area contributed by atoms with Gasteiger partial charge in [0.25, 0.3) is 0 Å². The zero-order valence-corrected chi connectivity index (χ0v) is 8.73. The summed E-state index contributed by atoms with van der Waals surface area (Å²) in [6.07, 6.45) is -0.772. The summed E-state index contributed by atoms with van der Waals surface area (Å²) in [5.74, 6) is -0.636. The molecule has 0 aliphatic rings. The van der Waals surface area contributed by atoms with Crippen LogP contribution in [0, 0.1) is 0 Å². The maximum absolute atomic E-state index is 11.0. The third-order valence-corrected chi connectivity index (χ3v) is 1.49. The van der Waals surface area contributed by atoms with Gasteiger partial charge in [0.1, 0.15) is 6.61 Å². The molecule has 14 heavy (non-hydrogen) atoms. The molecule has 0 aromatic rings. The average molecular weight is 205 g/mol. The van der Waals surface area contributed by atoms with Gasteiger partial charge in [0.2, 0.25) is 0 Å². The number of esters is 1. The molecule has 0 radical (unpaired) electrons. The van der Waals surface area contributed by atoms with Gasteiger partial charge in [0.05, 0.1) is 12.7 Å². The Hall–Kier alpha value is -0.650. The number of carbonyl (C=O) groups is 1. The number of carbonyl (C=O) groups excluding carboxylic acids is 1. The van der Waals surface area contributed by atoms with Crippen molar-refractivity contribution in [2.45, 2.75) is 32.5 Å². The first-order valence-corrected chi connectivity index (χ1v) is 4.74. The molecule has 0 amide bonds. The van der Waals surface area contributed by atoms with Gasteiger partial charge >= 0.3 is 5.97 Å². The van der Waals surface area contributed by atoms with Crippen molar-refractivity contribution in [3.05, 3.63) is 0 Å².